The maximum atomic E-state index is 3.84. The zero-order chi connectivity index (χ0) is 14.1. The summed E-state index contributed by atoms with van der Waals surface area (Å²) < 4.78 is 0. The molecule has 0 radical (unpaired) electrons. The first-order valence-corrected chi connectivity index (χ1v) is 9.10. The average Bonchev–Trinajstić information content (AvgIpc) is 2.56. The quantitative estimate of drug-likeness (QED) is 0.840. The Morgan fingerprint density at radius 3 is 2.76 bits per heavy atom. The van der Waals surface area contributed by atoms with E-state index in [1.165, 1.54) is 48.3 Å². The lowest BCUT2D eigenvalue weighted by Crippen LogP contribution is -2.20. The van der Waals surface area contributed by atoms with Crippen molar-refractivity contribution in [2.24, 2.45) is 0 Å². The van der Waals surface area contributed by atoms with Crippen molar-refractivity contribution in [2.45, 2.75) is 37.5 Å². The molecule has 0 bridgehead atoms. The maximum absolute atomic E-state index is 3.84. The standard InChI is InChI=1S/C19H21NS/c1-3-9-16-14(6-1)8-5-11-18(16)20-19-13-21-12-15-7-2-4-10-17(15)19/h2,4-5,7-8,10-11,19-20H,1,3,6,9,12-13H2. The van der Waals surface area contributed by atoms with Crippen LogP contribution in [-0.2, 0) is 18.6 Å². The summed E-state index contributed by atoms with van der Waals surface area (Å²) in [5.74, 6) is 2.32. The second kappa shape index (κ2) is 5.76. The molecule has 2 aromatic carbocycles. The molecule has 0 saturated carbocycles. The van der Waals surface area contributed by atoms with Crippen LogP contribution in [0.1, 0.15) is 41.1 Å². The Morgan fingerprint density at radius 2 is 1.76 bits per heavy atom. The van der Waals surface area contributed by atoms with Crippen molar-refractivity contribution in [3.05, 3.63) is 64.7 Å². The van der Waals surface area contributed by atoms with Gasteiger partial charge in [0.1, 0.15) is 0 Å². The van der Waals surface area contributed by atoms with Crippen molar-refractivity contribution in [2.75, 3.05) is 11.1 Å². The molecular weight excluding hydrogens is 274 g/mol. The molecule has 108 valence electrons. The Kier molecular flexibility index (Phi) is 3.64. The predicted octanol–water partition coefficient (Wildman–Crippen LogP) is 4.97. The Morgan fingerprint density at radius 1 is 0.905 bits per heavy atom. The zero-order valence-electron chi connectivity index (χ0n) is 12.3. The molecule has 0 aromatic heterocycles. The van der Waals surface area contributed by atoms with Crippen LogP contribution in [0.15, 0.2) is 42.5 Å². The fourth-order valence-electron chi connectivity index (χ4n) is 3.61. The highest BCUT2D eigenvalue weighted by Gasteiger charge is 2.21. The molecule has 0 amide bonds. The van der Waals surface area contributed by atoms with E-state index in [0.717, 1.165) is 5.75 Å². The molecule has 1 atom stereocenters. The van der Waals surface area contributed by atoms with Gasteiger partial charge in [-0.2, -0.15) is 11.8 Å². The lowest BCUT2D eigenvalue weighted by atomic mass is 9.90. The minimum absolute atomic E-state index is 0.452. The van der Waals surface area contributed by atoms with Gasteiger partial charge in [-0.1, -0.05) is 36.4 Å². The van der Waals surface area contributed by atoms with E-state index in [1.807, 2.05) is 11.8 Å². The van der Waals surface area contributed by atoms with Gasteiger partial charge in [-0.3, -0.25) is 0 Å². The molecule has 1 aliphatic carbocycles. The highest BCUT2D eigenvalue weighted by atomic mass is 32.2. The lowest BCUT2D eigenvalue weighted by Gasteiger charge is -2.29. The fourth-order valence-corrected chi connectivity index (χ4v) is 4.71. The number of hydrogen-bond acceptors (Lipinski definition) is 2. The summed E-state index contributed by atoms with van der Waals surface area (Å²) in [6.07, 6.45) is 5.17. The van der Waals surface area contributed by atoms with Gasteiger partial charge in [0.15, 0.2) is 0 Å². The van der Waals surface area contributed by atoms with E-state index in [1.54, 1.807) is 11.1 Å². The van der Waals surface area contributed by atoms with Crippen LogP contribution < -0.4 is 5.32 Å². The van der Waals surface area contributed by atoms with Gasteiger partial charge in [0.05, 0.1) is 6.04 Å². The molecule has 1 N–H and O–H groups in total. The summed E-state index contributed by atoms with van der Waals surface area (Å²) in [6.45, 7) is 0. The Bertz CT molecular complexity index is 650. The van der Waals surface area contributed by atoms with Gasteiger partial charge in [-0.25, -0.2) is 0 Å². The molecule has 4 rings (SSSR count). The maximum Gasteiger partial charge on any atom is 0.0607 e. The number of nitrogens with one attached hydrogen (secondary N) is 1. The molecule has 1 aliphatic heterocycles. The first-order valence-electron chi connectivity index (χ1n) is 7.94. The van der Waals surface area contributed by atoms with Crippen LogP contribution in [-0.4, -0.2) is 5.75 Å². The number of fused-ring (bicyclic) bond motifs is 2. The molecule has 0 spiro atoms. The van der Waals surface area contributed by atoms with Crippen molar-refractivity contribution >= 4 is 17.4 Å². The van der Waals surface area contributed by atoms with Crippen LogP contribution in [0.3, 0.4) is 0 Å². The molecule has 1 unspecified atom stereocenters. The molecule has 1 heterocycles. The van der Waals surface area contributed by atoms with Crippen LogP contribution in [0.25, 0.3) is 0 Å². The van der Waals surface area contributed by atoms with Crippen molar-refractivity contribution < 1.29 is 0 Å². The first kappa shape index (κ1) is 13.3. The number of aryl methyl sites for hydroxylation is 1. The third-order valence-corrected chi connectivity index (χ3v) is 5.78. The molecule has 0 fully saturated rings. The molecule has 1 nitrogen and oxygen atoms in total. The van der Waals surface area contributed by atoms with E-state index in [4.69, 9.17) is 0 Å². The molecule has 2 aromatic rings. The number of benzene rings is 2. The molecule has 21 heavy (non-hydrogen) atoms. The summed E-state index contributed by atoms with van der Waals surface area (Å²) in [6, 6.07) is 16.1. The third-order valence-electron chi connectivity index (χ3n) is 4.70. The Balaban J connectivity index is 1.66. The minimum Gasteiger partial charge on any atom is -0.377 e. The summed E-state index contributed by atoms with van der Waals surface area (Å²) in [5, 5.41) is 3.84. The smallest absolute Gasteiger partial charge is 0.0607 e. The largest absolute Gasteiger partial charge is 0.377 e. The van der Waals surface area contributed by atoms with Crippen molar-refractivity contribution in [3.63, 3.8) is 0 Å². The van der Waals surface area contributed by atoms with Gasteiger partial charge in [0, 0.05) is 17.2 Å². The normalized spacial score (nSPS) is 20.5. The summed E-state index contributed by atoms with van der Waals surface area (Å²) in [5.41, 5.74) is 7.48. The average molecular weight is 295 g/mol. The van der Waals surface area contributed by atoms with Crippen LogP contribution in [0.4, 0.5) is 5.69 Å². The minimum atomic E-state index is 0.452. The van der Waals surface area contributed by atoms with E-state index >= 15 is 0 Å². The number of anilines is 1. The number of rotatable bonds is 2. The van der Waals surface area contributed by atoms with E-state index in [2.05, 4.69) is 47.8 Å². The molecule has 2 aliphatic rings. The van der Waals surface area contributed by atoms with E-state index in [-0.39, 0.29) is 0 Å². The first-order chi connectivity index (χ1) is 10.4. The molecule has 2 heteroatoms. The number of hydrogen-bond donors (Lipinski definition) is 1. The van der Waals surface area contributed by atoms with Gasteiger partial charge in [0.2, 0.25) is 0 Å². The van der Waals surface area contributed by atoms with Gasteiger partial charge in [0.25, 0.3) is 0 Å². The summed E-state index contributed by atoms with van der Waals surface area (Å²) in [7, 11) is 0. The van der Waals surface area contributed by atoms with Crippen LogP contribution in [0, 0.1) is 0 Å². The van der Waals surface area contributed by atoms with Crippen LogP contribution >= 0.6 is 11.8 Å². The van der Waals surface area contributed by atoms with Gasteiger partial charge < -0.3 is 5.32 Å². The van der Waals surface area contributed by atoms with E-state index < -0.39 is 0 Å². The highest BCUT2D eigenvalue weighted by Crippen LogP contribution is 2.36. The Hall–Kier alpha value is -1.41. The topological polar surface area (TPSA) is 12.0 Å². The predicted molar refractivity (Wildman–Crippen MR) is 92.1 cm³/mol. The molecular formula is C19H21NS. The van der Waals surface area contributed by atoms with Crippen molar-refractivity contribution in [3.8, 4) is 0 Å². The van der Waals surface area contributed by atoms with Gasteiger partial charge in [-0.05, 0) is 54.0 Å². The lowest BCUT2D eigenvalue weighted by molar-refractivity contribution is 0.685. The second-order valence-electron chi connectivity index (χ2n) is 6.06. The zero-order valence-corrected chi connectivity index (χ0v) is 13.1. The fraction of sp³-hybridized carbons (Fsp3) is 0.368. The van der Waals surface area contributed by atoms with Gasteiger partial charge >= 0.3 is 0 Å². The van der Waals surface area contributed by atoms with Crippen molar-refractivity contribution in [1.29, 1.82) is 0 Å². The van der Waals surface area contributed by atoms with Crippen LogP contribution in [0.2, 0.25) is 0 Å². The number of thioether (sulfide) groups is 1. The highest BCUT2D eigenvalue weighted by molar-refractivity contribution is 7.98. The molecule has 0 saturated heterocycles. The van der Waals surface area contributed by atoms with E-state index in [0.29, 0.717) is 6.04 Å². The summed E-state index contributed by atoms with van der Waals surface area (Å²) in [4.78, 5) is 0. The van der Waals surface area contributed by atoms with E-state index in [9.17, 15) is 0 Å². The van der Waals surface area contributed by atoms with Crippen LogP contribution in [0.5, 0.6) is 0 Å². The summed E-state index contributed by atoms with van der Waals surface area (Å²) >= 11 is 2.04. The van der Waals surface area contributed by atoms with Gasteiger partial charge in [-0.15, -0.1) is 0 Å². The second-order valence-corrected chi connectivity index (χ2v) is 7.09. The van der Waals surface area contributed by atoms with Crippen molar-refractivity contribution in [1.82, 2.24) is 0 Å². The Labute approximate surface area is 131 Å². The monoisotopic (exact) mass is 295 g/mol. The SMILES string of the molecule is c1ccc2c(c1)CSCC2Nc1cccc2c1CCCC2. The third kappa shape index (κ3) is 2.57.